The summed E-state index contributed by atoms with van der Waals surface area (Å²) >= 11 is 0. The van der Waals surface area contributed by atoms with Crippen molar-refractivity contribution in [3.8, 4) is 0 Å². The van der Waals surface area contributed by atoms with Gasteiger partial charge < -0.3 is 15.0 Å². The highest BCUT2D eigenvalue weighted by molar-refractivity contribution is 7.89. The lowest BCUT2D eigenvalue weighted by Crippen LogP contribution is -2.39. The highest BCUT2D eigenvalue weighted by Gasteiger charge is 2.31. The summed E-state index contributed by atoms with van der Waals surface area (Å²) in [6.07, 6.45) is 4.77. The first-order chi connectivity index (χ1) is 18.3. The van der Waals surface area contributed by atoms with Crippen LogP contribution in [0.25, 0.3) is 21.9 Å². The molecule has 5 rings (SSSR count). The van der Waals surface area contributed by atoms with Crippen molar-refractivity contribution >= 4 is 37.8 Å². The number of ether oxygens (including phenoxy) is 1. The molecule has 2 aromatic heterocycles. The van der Waals surface area contributed by atoms with Gasteiger partial charge in [0.05, 0.1) is 30.0 Å². The number of sulfonamides is 1. The SMILES string of the molecule is CCC(COCCC1CCN(S(=O)(=O)c2ccc(F)cc2F)CC1)n1cnc2c(N)nc3ccccc3c21. The van der Waals surface area contributed by atoms with Gasteiger partial charge in [0.1, 0.15) is 22.0 Å². The number of aromatic nitrogens is 3. The fraction of sp³-hybridized carbons (Fsp3) is 0.407. The van der Waals surface area contributed by atoms with E-state index in [-0.39, 0.29) is 6.04 Å². The lowest BCUT2D eigenvalue weighted by Gasteiger charge is -2.31. The Bertz CT molecular complexity index is 1550. The molecule has 0 saturated carbocycles. The molecule has 0 radical (unpaired) electrons. The molecule has 1 aliphatic rings. The predicted molar refractivity (Wildman–Crippen MR) is 142 cm³/mol. The van der Waals surface area contributed by atoms with Crippen LogP contribution in [0.4, 0.5) is 14.6 Å². The van der Waals surface area contributed by atoms with Gasteiger partial charge in [-0.2, -0.15) is 4.31 Å². The van der Waals surface area contributed by atoms with Crippen molar-refractivity contribution in [1.82, 2.24) is 18.8 Å². The summed E-state index contributed by atoms with van der Waals surface area (Å²) in [4.78, 5) is 8.51. The number of nitrogens with two attached hydrogens (primary N) is 1. The van der Waals surface area contributed by atoms with Gasteiger partial charge in [0.2, 0.25) is 10.0 Å². The van der Waals surface area contributed by atoms with Crippen molar-refractivity contribution in [2.75, 3.05) is 32.0 Å². The molecule has 0 bridgehead atoms. The van der Waals surface area contributed by atoms with Gasteiger partial charge in [0.25, 0.3) is 0 Å². The second kappa shape index (κ2) is 10.9. The molecular weight excluding hydrogens is 512 g/mol. The third-order valence-corrected chi connectivity index (χ3v) is 9.30. The molecule has 2 N–H and O–H groups in total. The zero-order chi connectivity index (χ0) is 26.9. The lowest BCUT2D eigenvalue weighted by atomic mass is 9.95. The summed E-state index contributed by atoms with van der Waals surface area (Å²) < 4.78 is 62.4. The number of halogens is 2. The number of imidazole rings is 1. The van der Waals surface area contributed by atoms with Crippen molar-refractivity contribution in [1.29, 1.82) is 0 Å². The number of fused-ring (bicyclic) bond motifs is 3. The number of nitrogen functional groups attached to an aromatic ring is 1. The van der Waals surface area contributed by atoms with Crippen LogP contribution in [0.5, 0.6) is 0 Å². The molecule has 1 saturated heterocycles. The molecule has 3 heterocycles. The highest BCUT2D eigenvalue weighted by atomic mass is 32.2. The Hall–Kier alpha value is -3.15. The lowest BCUT2D eigenvalue weighted by molar-refractivity contribution is 0.0847. The average Bonchev–Trinajstić information content (AvgIpc) is 3.35. The first-order valence-corrected chi connectivity index (χ1v) is 14.3. The summed E-state index contributed by atoms with van der Waals surface area (Å²) in [6.45, 7) is 3.76. The number of pyridine rings is 1. The molecule has 1 aliphatic heterocycles. The van der Waals surface area contributed by atoms with E-state index in [2.05, 4.69) is 21.5 Å². The number of piperidine rings is 1. The van der Waals surface area contributed by atoms with Crippen molar-refractivity contribution in [3.05, 3.63) is 60.4 Å². The molecular formula is C27H31F2N5O3S. The Kier molecular flexibility index (Phi) is 7.60. The van der Waals surface area contributed by atoms with Crippen molar-refractivity contribution in [3.63, 3.8) is 0 Å². The maximum absolute atomic E-state index is 14.1. The minimum Gasteiger partial charge on any atom is -0.382 e. The Balaban J connectivity index is 1.16. The predicted octanol–water partition coefficient (Wildman–Crippen LogP) is 4.90. The van der Waals surface area contributed by atoms with Crippen LogP contribution in [0.3, 0.4) is 0 Å². The molecule has 0 aliphatic carbocycles. The smallest absolute Gasteiger partial charge is 0.245 e. The van der Waals surface area contributed by atoms with Gasteiger partial charge in [-0.15, -0.1) is 0 Å². The molecule has 4 aromatic rings. The molecule has 8 nitrogen and oxygen atoms in total. The van der Waals surface area contributed by atoms with Gasteiger partial charge in [-0.25, -0.2) is 27.2 Å². The number of hydrogen-bond donors (Lipinski definition) is 1. The first kappa shape index (κ1) is 26.5. The summed E-state index contributed by atoms with van der Waals surface area (Å²) in [5.74, 6) is -1.16. The quantitative estimate of drug-likeness (QED) is 0.301. The largest absolute Gasteiger partial charge is 0.382 e. The summed E-state index contributed by atoms with van der Waals surface area (Å²) in [5, 5.41) is 0.995. The Morgan fingerprint density at radius 3 is 2.66 bits per heavy atom. The van der Waals surface area contributed by atoms with Gasteiger partial charge in [-0.3, -0.25) is 0 Å². The van der Waals surface area contributed by atoms with E-state index in [1.165, 1.54) is 4.31 Å². The fourth-order valence-corrected chi connectivity index (χ4v) is 6.69. The van der Waals surface area contributed by atoms with Gasteiger partial charge in [0, 0.05) is 31.1 Å². The molecule has 38 heavy (non-hydrogen) atoms. The van der Waals surface area contributed by atoms with E-state index in [0.29, 0.717) is 62.5 Å². The highest BCUT2D eigenvalue weighted by Crippen LogP contribution is 2.31. The molecule has 202 valence electrons. The Morgan fingerprint density at radius 1 is 1.16 bits per heavy atom. The van der Waals surface area contributed by atoms with Crippen LogP contribution in [-0.4, -0.2) is 53.6 Å². The van der Waals surface area contributed by atoms with Gasteiger partial charge in [-0.1, -0.05) is 25.1 Å². The van der Waals surface area contributed by atoms with Crippen LogP contribution in [0.2, 0.25) is 0 Å². The number of hydrogen-bond acceptors (Lipinski definition) is 6. The maximum Gasteiger partial charge on any atom is 0.245 e. The number of benzene rings is 2. The minimum absolute atomic E-state index is 0.0720. The standard InChI is InChI=1S/C27H31F2N5O3S/c1-2-20(34-17-31-25-26(34)21-5-3-4-6-23(21)32-27(25)30)16-37-14-11-18-9-12-33(13-10-18)38(35,36)24-8-7-19(28)15-22(24)29/h3-8,15,17-18,20H,2,9-14,16H2,1H3,(H2,30,32). The zero-order valence-electron chi connectivity index (χ0n) is 21.2. The third kappa shape index (κ3) is 5.10. The number of para-hydroxylation sites is 1. The Labute approximate surface area is 220 Å². The van der Waals surface area contributed by atoms with Crippen LogP contribution in [0.15, 0.2) is 53.7 Å². The van der Waals surface area contributed by atoms with E-state index < -0.39 is 26.6 Å². The fourth-order valence-electron chi connectivity index (χ4n) is 5.17. The average molecular weight is 544 g/mol. The number of rotatable bonds is 9. The number of nitrogens with zero attached hydrogens (tertiary/aromatic N) is 4. The summed E-state index contributed by atoms with van der Waals surface area (Å²) in [6, 6.07) is 10.5. The normalized spacial score (nSPS) is 16.4. The van der Waals surface area contributed by atoms with E-state index in [1.807, 2.05) is 24.3 Å². The van der Waals surface area contributed by atoms with Gasteiger partial charge in [-0.05, 0) is 49.8 Å². The van der Waals surface area contributed by atoms with Crippen molar-refractivity contribution in [2.45, 2.75) is 43.5 Å². The monoisotopic (exact) mass is 543 g/mol. The maximum atomic E-state index is 14.1. The van der Waals surface area contributed by atoms with Gasteiger partial charge in [0.15, 0.2) is 5.82 Å². The molecule has 0 amide bonds. The van der Waals surface area contributed by atoms with Crippen LogP contribution in [0, 0.1) is 17.6 Å². The second-order valence-electron chi connectivity index (χ2n) is 9.71. The van der Waals surface area contributed by atoms with Crippen molar-refractivity contribution < 1.29 is 21.9 Å². The molecule has 1 fully saturated rings. The van der Waals surface area contributed by atoms with E-state index in [0.717, 1.165) is 41.4 Å². The van der Waals surface area contributed by atoms with E-state index in [4.69, 9.17) is 10.5 Å². The third-order valence-electron chi connectivity index (χ3n) is 7.37. The molecule has 0 spiro atoms. The Morgan fingerprint density at radius 2 is 1.92 bits per heavy atom. The van der Waals surface area contributed by atoms with Crippen LogP contribution in [0.1, 0.15) is 38.6 Å². The van der Waals surface area contributed by atoms with E-state index >= 15 is 0 Å². The van der Waals surface area contributed by atoms with E-state index in [1.54, 1.807) is 6.33 Å². The molecule has 1 unspecified atom stereocenters. The second-order valence-corrected chi connectivity index (χ2v) is 11.6. The summed E-state index contributed by atoms with van der Waals surface area (Å²) in [5.41, 5.74) is 8.63. The van der Waals surface area contributed by atoms with E-state index in [9.17, 15) is 17.2 Å². The van der Waals surface area contributed by atoms with Crippen LogP contribution >= 0.6 is 0 Å². The zero-order valence-corrected chi connectivity index (χ0v) is 22.0. The van der Waals surface area contributed by atoms with Gasteiger partial charge >= 0.3 is 0 Å². The topological polar surface area (TPSA) is 103 Å². The minimum atomic E-state index is -4.00. The van der Waals surface area contributed by atoms with Crippen LogP contribution in [-0.2, 0) is 14.8 Å². The summed E-state index contributed by atoms with van der Waals surface area (Å²) in [7, 11) is -4.00. The number of anilines is 1. The molecule has 11 heteroatoms. The first-order valence-electron chi connectivity index (χ1n) is 12.8. The molecule has 1 atom stereocenters. The van der Waals surface area contributed by atoms with Crippen molar-refractivity contribution in [2.24, 2.45) is 5.92 Å². The molecule has 2 aromatic carbocycles. The van der Waals surface area contributed by atoms with Crippen LogP contribution < -0.4 is 5.73 Å².